The van der Waals surface area contributed by atoms with Gasteiger partial charge >= 0.3 is 23.5 Å². The van der Waals surface area contributed by atoms with Crippen molar-refractivity contribution in [2.75, 3.05) is 6.61 Å². The number of phosphoric ester groups is 1. The maximum Gasteiger partial charge on any atom is 0.490 e. The molecule has 1 aromatic rings. The van der Waals surface area contributed by atoms with E-state index in [2.05, 4.69) is 24.7 Å². The van der Waals surface area contributed by atoms with E-state index >= 15 is 0 Å². The molecule has 0 spiro atoms. The second kappa shape index (κ2) is 8.86. The van der Waals surface area contributed by atoms with Crippen molar-refractivity contribution in [2.45, 2.75) is 24.5 Å². The highest BCUT2D eigenvalue weighted by Gasteiger charge is 2.48. The van der Waals surface area contributed by atoms with Crippen LogP contribution >= 0.6 is 34.8 Å². The quantitative estimate of drug-likeness (QED) is 0.251. The van der Waals surface area contributed by atoms with Crippen molar-refractivity contribution in [1.29, 1.82) is 0 Å². The summed E-state index contributed by atoms with van der Waals surface area (Å²) >= 11 is 1.29. The number of fused-ring (bicyclic) bond motifs is 1. The molecule has 3 rings (SSSR count). The molecule has 15 nitrogen and oxygen atoms in total. The van der Waals surface area contributed by atoms with Gasteiger partial charge in [-0.2, -0.15) is 8.62 Å². The number of phosphoric acid groups is 3. The zero-order chi connectivity index (χ0) is 23.2. The first-order valence-corrected chi connectivity index (χ1v) is 13.5. The summed E-state index contributed by atoms with van der Waals surface area (Å²) in [6, 6.07) is 0. The van der Waals surface area contributed by atoms with E-state index < -0.39 is 54.6 Å². The summed E-state index contributed by atoms with van der Waals surface area (Å²) in [5.74, 6) is 0. The Balaban J connectivity index is 1.63. The molecular formula is C12H17N2O13P3S. The van der Waals surface area contributed by atoms with Crippen LogP contribution in [-0.2, 0) is 31.6 Å². The van der Waals surface area contributed by atoms with Crippen molar-refractivity contribution in [3.63, 3.8) is 0 Å². The van der Waals surface area contributed by atoms with Gasteiger partial charge in [0, 0.05) is 6.20 Å². The van der Waals surface area contributed by atoms with Crippen molar-refractivity contribution in [2.24, 2.45) is 0 Å². The third kappa shape index (κ3) is 5.96. The number of rotatable bonds is 8. The van der Waals surface area contributed by atoms with Gasteiger partial charge in [-0.3, -0.25) is 4.52 Å². The molecule has 2 aliphatic rings. The predicted octanol–water partition coefficient (Wildman–Crippen LogP) is 0.190. The summed E-state index contributed by atoms with van der Waals surface area (Å²) in [4.78, 5) is 41.9. The molecule has 6 atom stereocenters. The van der Waals surface area contributed by atoms with Gasteiger partial charge in [-0.25, -0.2) is 18.7 Å². The number of thiazole rings is 1. The molecule has 19 heteroatoms. The van der Waals surface area contributed by atoms with E-state index in [0.29, 0.717) is 16.3 Å². The summed E-state index contributed by atoms with van der Waals surface area (Å²) in [6.45, 7) is 2.98. The molecule has 3 unspecified atom stereocenters. The lowest BCUT2D eigenvalue weighted by molar-refractivity contribution is -0.0605. The fourth-order valence-corrected chi connectivity index (χ4v) is 6.54. The van der Waals surface area contributed by atoms with E-state index in [-0.39, 0.29) is 0 Å². The average Bonchev–Trinajstić information content (AvgIpc) is 3.17. The van der Waals surface area contributed by atoms with Crippen LogP contribution in [0, 0.1) is 0 Å². The maximum absolute atomic E-state index is 11.8. The van der Waals surface area contributed by atoms with Crippen LogP contribution in [-0.4, -0.2) is 70.8 Å². The first-order chi connectivity index (χ1) is 14.2. The second-order valence-electron chi connectivity index (χ2n) is 6.17. The van der Waals surface area contributed by atoms with Gasteiger partial charge in [-0.1, -0.05) is 6.58 Å². The Kier molecular flexibility index (Phi) is 7.10. The van der Waals surface area contributed by atoms with Crippen LogP contribution in [0.25, 0.3) is 11.8 Å². The third-order valence-corrected chi connectivity index (χ3v) is 8.68. The van der Waals surface area contributed by atoms with E-state index in [1.807, 2.05) is 0 Å². The Labute approximate surface area is 178 Å². The number of aromatic nitrogens is 1. The lowest BCUT2D eigenvalue weighted by atomic mass is 10.1. The van der Waals surface area contributed by atoms with Gasteiger partial charge in [0.15, 0.2) is 6.23 Å². The Morgan fingerprint density at radius 1 is 1.13 bits per heavy atom. The van der Waals surface area contributed by atoms with Gasteiger partial charge in [0.05, 0.1) is 28.4 Å². The molecule has 0 bridgehead atoms. The largest absolute Gasteiger partial charge is 0.490 e. The summed E-state index contributed by atoms with van der Waals surface area (Å²) in [7, 11) is -16.6. The second-order valence-corrected chi connectivity index (χ2v) is 11.4. The lowest BCUT2D eigenvalue weighted by Crippen LogP contribution is -2.41. The number of ether oxygens (including phenoxy) is 1. The number of aliphatic hydroxyl groups is 2. The Morgan fingerprint density at radius 3 is 2.45 bits per heavy atom. The molecule has 1 saturated heterocycles. The summed E-state index contributed by atoms with van der Waals surface area (Å²) in [5.41, 5.74) is 2.67. The van der Waals surface area contributed by atoms with Crippen LogP contribution in [0.3, 0.4) is 0 Å². The van der Waals surface area contributed by atoms with Crippen LogP contribution < -0.4 is 0 Å². The van der Waals surface area contributed by atoms with E-state index in [4.69, 9.17) is 19.4 Å². The van der Waals surface area contributed by atoms with Gasteiger partial charge in [0.2, 0.25) is 0 Å². The topological polar surface area (TPSA) is 226 Å². The third-order valence-electron chi connectivity index (χ3n) is 3.99. The molecule has 31 heavy (non-hydrogen) atoms. The van der Waals surface area contributed by atoms with Crippen LogP contribution in [0.1, 0.15) is 10.6 Å². The normalized spacial score (nSPS) is 30.1. The highest BCUT2D eigenvalue weighted by molar-refractivity contribution is 7.66. The SMILES string of the molecule is C=C1c2scnc2C=CN1[C@@H]1O[C@H](COP(=O)(O)OP(=O)(O)OP(=O)(O)O)C(O)[C@@H]1O. The molecular weight excluding hydrogens is 505 g/mol. The molecule has 1 fully saturated rings. The maximum atomic E-state index is 11.8. The Morgan fingerprint density at radius 2 is 1.81 bits per heavy atom. The molecule has 2 aliphatic heterocycles. The van der Waals surface area contributed by atoms with E-state index in [0.717, 1.165) is 0 Å². The van der Waals surface area contributed by atoms with Gasteiger partial charge < -0.3 is 39.4 Å². The Hall–Kier alpha value is -0.800. The smallest absolute Gasteiger partial charge is 0.387 e. The summed E-state index contributed by atoms with van der Waals surface area (Å²) in [5, 5.41) is 20.5. The molecule has 0 aliphatic carbocycles. The zero-order valence-corrected chi connectivity index (χ0v) is 18.6. The number of nitrogens with zero attached hydrogens (tertiary/aromatic N) is 2. The van der Waals surface area contributed by atoms with Crippen molar-refractivity contribution in [1.82, 2.24) is 9.88 Å². The van der Waals surface area contributed by atoms with Gasteiger partial charge in [0.1, 0.15) is 18.3 Å². The molecule has 0 amide bonds. The zero-order valence-electron chi connectivity index (χ0n) is 15.1. The van der Waals surface area contributed by atoms with Crippen LogP contribution in [0.4, 0.5) is 0 Å². The first kappa shape index (κ1) is 24.8. The number of hydrogen-bond acceptors (Lipinski definition) is 12. The van der Waals surface area contributed by atoms with Crippen molar-refractivity contribution in [3.8, 4) is 0 Å². The summed E-state index contributed by atoms with van der Waals surface area (Å²) in [6.07, 6.45) is -2.54. The first-order valence-electron chi connectivity index (χ1n) is 8.08. The van der Waals surface area contributed by atoms with Gasteiger partial charge in [0.25, 0.3) is 0 Å². The van der Waals surface area contributed by atoms with Gasteiger partial charge in [-0.15, -0.1) is 11.3 Å². The molecule has 0 saturated carbocycles. The fraction of sp³-hybridized carbons (Fsp3) is 0.417. The molecule has 0 aromatic carbocycles. The standard InChI is InChI=1S/C12H17N2O13P3S/c1-6-11-7(13-5-31-11)2-3-14(6)12-10(16)9(15)8(25-12)4-24-29(20,21)27-30(22,23)26-28(17,18)19/h2-3,5,8-10,12,15-16H,1,4H2,(H,20,21)(H,22,23)(H2,17,18,19)/t8-,9?,10+,12-/m1/s1. The van der Waals surface area contributed by atoms with Crippen LogP contribution in [0.15, 0.2) is 18.3 Å². The molecule has 174 valence electrons. The predicted molar refractivity (Wildman–Crippen MR) is 103 cm³/mol. The highest BCUT2D eigenvalue weighted by Crippen LogP contribution is 2.66. The molecule has 3 heterocycles. The number of hydrogen-bond donors (Lipinski definition) is 6. The molecule has 1 aromatic heterocycles. The fourth-order valence-electron chi connectivity index (χ4n) is 2.75. The number of aliphatic hydroxyl groups excluding tert-OH is 2. The lowest BCUT2D eigenvalue weighted by Gasteiger charge is -2.32. The molecule has 6 N–H and O–H groups in total. The monoisotopic (exact) mass is 522 g/mol. The van der Waals surface area contributed by atoms with E-state index in [1.54, 1.807) is 11.6 Å². The minimum absolute atomic E-state index is 0.421. The summed E-state index contributed by atoms with van der Waals surface area (Å²) < 4.78 is 50.9. The minimum atomic E-state index is -5.68. The highest BCUT2D eigenvalue weighted by atomic mass is 32.1. The van der Waals surface area contributed by atoms with Crippen molar-refractivity contribution >= 4 is 46.6 Å². The van der Waals surface area contributed by atoms with Crippen molar-refractivity contribution < 1.29 is 61.4 Å². The average molecular weight is 522 g/mol. The minimum Gasteiger partial charge on any atom is -0.387 e. The van der Waals surface area contributed by atoms with E-state index in [1.165, 1.54) is 22.4 Å². The van der Waals surface area contributed by atoms with E-state index in [9.17, 15) is 28.8 Å². The van der Waals surface area contributed by atoms with Crippen molar-refractivity contribution in [3.05, 3.63) is 28.9 Å². The van der Waals surface area contributed by atoms with Crippen LogP contribution in [0.2, 0.25) is 0 Å². The Bertz CT molecular complexity index is 1020. The van der Waals surface area contributed by atoms with Crippen LogP contribution in [0.5, 0.6) is 0 Å². The van der Waals surface area contributed by atoms with Gasteiger partial charge in [-0.05, 0) is 6.08 Å². The molecule has 0 radical (unpaired) electrons.